The number of nitrogens with zero attached hydrogens (tertiary/aromatic N) is 2. The highest BCUT2D eigenvalue weighted by Gasteiger charge is 2.11. The molecule has 4 nitrogen and oxygen atoms in total. The second-order valence-electron chi connectivity index (χ2n) is 5.99. The van der Waals surface area contributed by atoms with Gasteiger partial charge < -0.3 is 0 Å². The molecule has 0 saturated carbocycles. The first-order valence-electron chi connectivity index (χ1n) is 8.15. The zero-order chi connectivity index (χ0) is 18.5. The van der Waals surface area contributed by atoms with Gasteiger partial charge in [0, 0.05) is 33.7 Å². The Labute approximate surface area is 156 Å². The Bertz CT molecular complexity index is 949. The summed E-state index contributed by atoms with van der Waals surface area (Å²) in [5.41, 5.74) is 3.96. The van der Waals surface area contributed by atoms with Crippen LogP contribution in [0.25, 0.3) is 0 Å². The summed E-state index contributed by atoms with van der Waals surface area (Å²) in [7, 11) is 0. The molecule has 0 atom stereocenters. The topological polar surface area (TPSA) is 55.5 Å². The third-order valence-corrected chi connectivity index (χ3v) is 4.94. The lowest BCUT2D eigenvalue weighted by Gasteiger charge is -2.06. The molecule has 0 N–H and O–H groups in total. The van der Waals surface area contributed by atoms with Crippen LogP contribution in [0.1, 0.15) is 16.7 Å². The number of nitro benzene ring substituents is 1. The van der Waals surface area contributed by atoms with Crippen molar-refractivity contribution in [2.75, 3.05) is 0 Å². The van der Waals surface area contributed by atoms with Crippen LogP contribution in [0.5, 0.6) is 0 Å². The number of nitro groups is 1. The maximum Gasteiger partial charge on any atom is 0.270 e. The molecule has 0 aliphatic rings. The van der Waals surface area contributed by atoms with Crippen molar-refractivity contribution in [3.63, 3.8) is 0 Å². The number of aliphatic imine (C=N–C) groups is 1. The van der Waals surface area contributed by atoms with Gasteiger partial charge in [-0.05, 0) is 44.2 Å². The van der Waals surface area contributed by atoms with Crippen LogP contribution in [0.2, 0.25) is 0 Å². The molecule has 0 unspecified atom stereocenters. The quantitative estimate of drug-likeness (QED) is 0.312. The molecule has 130 valence electrons. The molecule has 0 aliphatic heterocycles. The molecule has 0 radical (unpaired) electrons. The molecule has 0 amide bonds. The van der Waals surface area contributed by atoms with E-state index in [2.05, 4.69) is 4.99 Å². The van der Waals surface area contributed by atoms with E-state index < -0.39 is 0 Å². The fourth-order valence-corrected chi connectivity index (χ4v) is 3.24. The molecule has 3 aromatic rings. The predicted octanol–water partition coefficient (Wildman–Crippen LogP) is 6.11. The van der Waals surface area contributed by atoms with Crippen molar-refractivity contribution in [2.24, 2.45) is 4.99 Å². The average molecular weight is 362 g/mol. The molecule has 3 aromatic carbocycles. The van der Waals surface area contributed by atoms with E-state index in [1.165, 1.54) is 11.6 Å². The van der Waals surface area contributed by atoms with Crippen LogP contribution >= 0.6 is 11.8 Å². The molecule has 0 saturated heterocycles. The maximum absolute atomic E-state index is 11.1. The summed E-state index contributed by atoms with van der Waals surface area (Å²) < 4.78 is 0. The van der Waals surface area contributed by atoms with Crippen molar-refractivity contribution < 1.29 is 4.92 Å². The Morgan fingerprint density at radius 2 is 1.54 bits per heavy atom. The van der Waals surface area contributed by atoms with Crippen molar-refractivity contribution in [1.29, 1.82) is 0 Å². The highest BCUT2D eigenvalue weighted by atomic mass is 32.2. The third-order valence-electron chi connectivity index (χ3n) is 3.84. The third kappa shape index (κ3) is 4.58. The van der Waals surface area contributed by atoms with Gasteiger partial charge in [-0.15, -0.1) is 0 Å². The van der Waals surface area contributed by atoms with E-state index in [1.807, 2.05) is 62.4 Å². The molecule has 0 aliphatic carbocycles. The van der Waals surface area contributed by atoms with Gasteiger partial charge in [0.25, 0.3) is 5.69 Å². The van der Waals surface area contributed by atoms with Gasteiger partial charge in [0.2, 0.25) is 0 Å². The van der Waals surface area contributed by atoms with Crippen molar-refractivity contribution in [2.45, 2.75) is 23.6 Å². The number of non-ortho nitro benzene ring substituents is 1. The number of aryl methyl sites for hydroxylation is 2. The van der Waals surface area contributed by atoms with Crippen molar-refractivity contribution in [3.8, 4) is 0 Å². The first-order chi connectivity index (χ1) is 12.5. The Hall–Kier alpha value is -2.92. The van der Waals surface area contributed by atoms with Crippen LogP contribution in [0, 0.1) is 24.0 Å². The van der Waals surface area contributed by atoms with Gasteiger partial charge in [-0.1, -0.05) is 47.2 Å². The number of hydrogen-bond donors (Lipinski definition) is 0. The predicted molar refractivity (Wildman–Crippen MR) is 107 cm³/mol. The van der Waals surface area contributed by atoms with E-state index in [-0.39, 0.29) is 10.6 Å². The SMILES string of the molecule is Cc1ccc(N=Cc2cc([N+](=O)[O-])ccc2Sc2ccc(C)cc2)cc1. The highest BCUT2D eigenvalue weighted by Crippen LogP contribution is 2.32. The van der Waals surface area contributed by atoms with Gasteiger partial charge in [-0.25, -0.2) is 0 Å². The molecule has 0 fully saturated rings. The standard InChI is InChI=1S/C21H18N2O2S/c1-15-3-7-18(8-4-15)22-14-17-13-19(23(24)25)9-12-21(17)26-20-10-5-16(2)6-11-20/h3-14H,1-2H3. The molecular formula is C21H18N2O2S. The van der Waals surface area contributed by atoms with E-state index in [0.29, 0.717) is 0 Å². The largest absolute Gasteiger partial charge is 0.270 e. The van der Waals surface area contributed by atoms with Crippen LogP contribution in [0.3, 0.4) is 0 Å². The Morgan fingerprint density at radius 3 is 2.15 bits per heavy atom. The van der Waals surface area contributed by atoms with Gasteiger partial charge >= 0.3 is 0 Å². The summed E-state index contributed by atoms with van der Waals surface area (Å²) >= 11 is 1.57. The minimum Gasteiger partial charge on any atom is -0.258 e. The Kier molecular flexibility index (Phi) is 5.49. The Balaban J connectivity index is 1.94. The first-order valence-corrected chi connectivity index (χ1v) is 8.96. The summed E-state index contributed by atoms with van der Waals surface area (Å²) in [5.74, 6) is 0. The zero-order valence-electron chi connectivity index (χ0n) is 14.5. The molecular weight excluding hydrogens is 344 g/mol. The molecule has 26 heavy (non-hydrogen) atoms. The second kappa shape index (κ2) is 7.97. The lowest BCUT2D eigenvalue weighted by Crippen LogP contribution is -1.92. The summed E-state index contributed by atoms with van der Waals surface area (Å²) in [6.07, 6.45) is 1.69. The van der Waals surface area contributed by atoms with E-state index >= 15 is 0 Å². The van der Waals surface area contributed by atoms with Crippen LogP contribution < -0.4 is 0 Å². The van der Waals surface area contributed by atoms with Crippen molar-refractivity contribution >= 4 is 29.4 Å². The highest BCUT2D eigenvalue weighted by molar-refractivity contribution is 7.99. The number of benzene rings is 3. The molecule has 0 aromatic heterocycles. The molecule has 0 heterocycles. The smallest absolute Gasteiger partial charge is 0.258 e. The van der Waals surface area contributed by atoms with Crippen LogP contribution in [-0.4, -0.2) is 11.1 Å². The minimum atomic E-state index is -0.385. The van der Waals surface area contributed by atoms with Crippen LogP contribution in [-0.2, 0) is 0 Å². The second-order valence-corrected chi connectivity index (χ2v) is 7.10. The molecule has 0 bridgehead atoms. The first kappa shape index (κ1) is 17.9. The minimum absolute atomic E-state index is 0.0589. The van der Waals surface area contributed by atoms with Crippen molar-refractivity contribution in [1.82, 2.24) is 0 Å². The normalized spacial score (nSPS) is 11.0. The van der Waals surface area contributed by atoms with Gasteiger partial charge in [-0.3, -0.25) is 15.1 Å². The van der Waals surface area contributed by atoms with Crippen molar-refractivity contribution in [3.05, 3.63) is 93.5 Å². The molecule has 0 spiro atoms. The summed E-state index contributed by atoms with van der Waals surface area (Å²) in [6.45, 7) is 4.06. The number of rotatable bonds is 5. The molecule has 3 rings (SSSR count). The summed E-state index contributed by atoms with van der Waals surface area (Å²) in [5, 5.41) is 11.1. The molecule has 5 heteroatoms. The van der Waals surface area contributed by atoms with Gasteiger partial charge in [0.1, 0.15) is 0 Å². The fraction of sp³-hybridized carbons (Fsp3) is 0.0952. The lowest BCUT2D eigenvalue weighted by molar-refractivity contribution is -0.384. The summed E-state index contributed by atoms with van der Waals surface area (Å²) in [6, 6.07) is 20.9. The van der Waals surface area contributed by atoms with E-state index in [1.54, 1.807) is 30.1 Å². The summed E-state index contributed by atoms with van der Waals surface area (Å²) in [4.78, 5) is 17.2. The van der Waals surface area contributed by atoms with E-state index in [0.717, 1.165) is 26.6 Å². The maximum atomic E-state index is 11.1. The van der Waals surface area contributed by atoms with E-state index in [9.17, 15) is 10.1 Å². The van der Waals surface area contributed by atoms with Gasteiger partial charge in [0.05, 0.1) is 10.6 Å². The monoisotopic (exact) mass is 362 g/mol. The number of hydrogen-bond acceptors (Lipinski definition) is 4. The Morgan fingerprint density at radius 1 is 0.923 bits per heavy atom. The van der Waals surface area contributed by atoms with Crippen LogP contribution in [0.4, 0.5) is 11.4 Å². The van der Waals surface area contributed by atoms with Gasteiger partial charge in [0.15, 0.2) is 0 Å². The fourth-order valence-electron chi connectivity index (χ4n) is 2.35. The van der Waals surface area contributed by atoms with Gasteiger partial charge in [-0.2, -0.15) is 0 Å². The van der Waals surface area contributed by atoms with E-state index in [4.69, 9.17) is 0 Å². The average Bonchev–Trinajstić information content (AvgIpc) is 2.64. The van der Waals surface area contributed by atoms with Crippen LogP contribution in [0.15, 0.2) is 81.5 Å². The zero-order valence-corrected chi connectivity index (χ0v) is 15.4. The lowest BCUT2D eigenvalue weighted by atomic mass is 10.2.